The standard InChI is InChI=1S/C9H17NO3/c10-8(9(11)12)2-1-7-3-5-13-6-4-7/h7-8H,1-6,10H2,(H,11,12)/t8-/m1/s1. The van der Waals surface area contributed by atoms with Gasteiger partial charge in [-0.15, -0.1) is 0 Å². The van der Waals surface area contributed by atoms with Crippen LogP contribution in [0, 0.1) is 5.92 Å². The van der Waals surface area contributed by atoms with E-state index in [0.717, 1.165) is 32.5 Å². The second kappa shape index (κ2) is 5.19. The van der Waals surface area contributed by atoms with Gasteiger partial charge in [-0.2, -0.15) is 0 Å². The highest BCUT2D eigenvalue weighted by Gasteiger charge is 2.17. The lowest BCUT2D eigenvalue weighted by atomic mass is 9.93. The van der Waals surface area contributed by atoms with Gasteiger partial charge in [0.2, 0.25) is 0 Å². The molecule has 3 N–H and O–H groups in total. The van der Waals surface area contributed by atoms with Crippen LogP contribution < -0.4 is 5.73 Å². The molecular formula is C9H17NO3. The van der Waals surface area contributed by atoms with Crippen LogP contribution in [-0.2, 0) is 9.53 Å². The van der Waals surface area contributed by atoms with Crippen LogP contribution in [0.4, 0.5) is 0 Å². The maximum Gasteiger partial charge on any atom is 0.320 e. The van der Waals surface area contributed by atoms with Gasteiger partial charge in [-0.05, 0) is 31.6 Å². The molecule has 1 rings (SSSR count). The predicted octanol–water partition coefficient (Wildman–Crippen LogP) is 0.605. The lowest BCUT2D eigenvalue weighted by Crippen LogP contribution is -2.31. The Morgan fingerprint density at radius 1 is 1.54 bits per heavy atom. The van der Waals surface area contributed by atoms with E-state index < -0.39 is 12.0 Å². The minimum absolute atomic E-state index is 0.583. The van der Waals surface area contributed by atoms with Crippen molar-refractivity contribution in [2.75, 3.05) is 13.2 Å². The predicted molar refractivity (Wildman–Crippen MR) is 48.4 cm³/mol. The SMILES string of the molecule is N[C@H](CCC1CCOCC1)C(=O)O. The van der Waals surface area contributed by atoms with Crippen molar-refractivity contribution in [1.82, 2.24) is 0 Å². The van der Waals surface area contributed by atoms with Crippen molar-refractivity contribution >= 4 is 5.97 Å². The smallest absolute Gasteiger partial charge is 0.320 e. The van der Waals surface area contributed by atoms with Crippen molar-refractivity contribution in [3.8, 4) is 0 Å². The first kappa shape index (κ1) is 10.5. The van der Waals surface area contributed by atoms with Crippen molar-refractivity contribution in [2.24, 2.45) is 11.7 Å². The van der Waals surface area contributed by atoms with Gasteiger partial charge in [0, 0.05) is 13.2 Å². The summed E-state index contributed by atoms with van der Waals surface area (Å²) < 4.78 is 5.21. The zero-order valence-electron chi connectivity index (χ0n) is 7.74. The Labute approximate surface area is 78.1 Å². The van der Waals surface area contributed by atoms with Gasteiger partial charge in [-0.3, -0.25) is 4.79 Å². The van der Waals surface area contributed by atoms with Crippen molar-refractivity contribution in [3.05, 3.63) is 0 Å². The molecule has 1 atom stereocenters. The molecule has 0 saturated carbocycles. The average molecular weight is 187 g/mol. The number of carbonyl (C=O) groups is 1. The van der Waals surface area contributed by atoms with Crippen molar-refractivity contribution < 1.29 is 14.6 Å². The first-order chi connectivity index (χ1) is 6.20. The first-order valence-electron chi connectivity index (χ1n) is 4.76. The van der Waals surface area contributed by atoms with Crippen LogP contribution in [0.5, 0.6) is 0 Å². The summed E-state index contributed by atoms with van der Waals surface area (Å²) in [5.74, 6) is -0.286. The average Bonchev–Trinajstić information content (AvgIpc) is 2.15. The first-order valence-corrected chi connectivity index (χ1v) is 4.76. The topological polar surface area (TPSA) is 72.5 Å². The molecule has 0 amide bonds. The maximum absolute atomic E-state index is 10.4. The summed E-state index contributed by atoms with van der Waals surface area (Å²) in [6.45, 7) is 1.62. The number of hydrogen-bond donors (Lipinski definition) is 2. The van der Waals surface area contributed by atoms with Crippen LogP contribution in [-0.4, -0.2) is 30.3 Å². The molecule has 1 fully saturated rings. The fraction of sp³-hybridized carbons (Fsp3) is 0.889. The summed E-state index contributed by atoms with van der Waals surface area (Å²) in [6, 6.07) is -0.692. The summed E-state index contributed by atoms with van der Waals surface area (Å²) in [5, 5.41) is 8.56. The van der Waals surface area contributed by atoms with Crippen LogP contribution in [0.15, 0.2) is 0 Å². The Bertz CT molecular complexity index is 166. The zero-order valence-corrected chi connectivity index (χ0v) is 7.74. The molecule has 1 aliphatic heterocycles. The number of carboxylic acids is 1. The minimum atomic E-state index is -0.896. The highest BCUT2D eigenvalue weighted by Crippen LogP contribution is 2.20. The largest absolute Gasteiger partial charge is 0.480 e. The summed E-state index contributed by atoms with van der Waals surface area (Å²) in [5.41, 5.74) is 5.40. The Morgan fingerprint density at radius 3 is 2.69 bits per heavy atom. The Kier molecular flexibility index (Phi) is 4.18. The summed E-state index contributed by atoms with van der Waals surface area (Å²) in [4.78, 5) is 10.4. The quantitative estimate of drug-likeness (QED) is 0.676. The van der Waals surface area contributed by atoms with E-state index in [9.17, 15) is 4.79 Å². The van der Waals surface area contributed by atoms with Gasteiger partial charge in [0.05, 0.1) is 0 Å². The van der Waals surface area contributed by atoms with Crippen molar-refractivity contribution in [3.63, 3.8) is 0 Å². The Morgan fingerprint density at radius 2 is 2.15 bits per heavy atom. The van der Waals surface area contributed by atoms with Crippen molar-refractivity contribution in [2.45, 2.75) is 31.7 Å². The normalized spacial score (nSPS) is 21.3. The molecule has 4 heteroatoms. The minimum Gasteiger partial charge on any atom is -0.480 e. The second-order valence-electron chi connectivity index (χ2n) is 3.58. The van der Waals surface area contributed by atoms with Gasteiger partial charge >= 0.3 is 5.97 Å². The summed E-state index contributed by atoms with van der Waals surface area (Å²) in [7, 11) is 0. The lowest BCUT2D eigenvalue weighted by Gasteiger charge is -2.22. The molecule has 0 aliphatic carbocycles. The molecule has 0 unspecified atom stereocenters. The fourth-order valence-electron chi connectivity index (χ4n) is 1.57. The third-order valence-corrected chi connectivity index (χ3v) is 2.54. The molecule has 1 aliphatic rings. The number of aliphatic carboxylic acids is 1. The molecule has 0 aromatic carbocycles. The van der Waals surface area contributed by atoms with Crippen LogP contribution in [0.3, 0.4) is 0 Å². The van der Waals surface area contributed by atoms with E-state index in [0.29, 0.717) is 12.3 Å². The molecule has 0 aromatic heterocycles. The number of rotatable bonds is 4. The number of carboxylic acid groups (broad SMARTS) is 1. The van der Waals surface area contributed by atoms with E-state index in [-0.39, 0.29) is 0 Å². The molecule has 0 spiro atoms. The molecule has 76 valence electrons. The molecule has 0 bridgehead atoms. The van der Waals surface area contributed by atoms with Gasteiger partial charge in [-0.1, -0.05) is 0 Å². The van der Waals surface area contributed by atoms with Gasteiger partial charge in [0.25, 0.3) is 0 Å². The molecule has 1 heterocycles. The van der Waals surface area contributed by atoms with Crippen molar-refractivity contribution in [1.29, 1.82) is 0 Å². The molecule has 1 saturated heterocycles. The highest BCUT2D eigenvalue weighted by atomic mass is 16.5. The second-order valence-corrected chi connectivity index (χ2v) is 3.58. The molecule has 4 nitrogen and oxygen atoms in total. The van der Waals surface area contributed by atoms with E-state index in [1.807, 2.05) is 0 Å². The Balaban J connectivity index is 2.13. The highest BCUT2D eigenvalue weighted by molar-refractivity contribution is 5.72. The summed E-state index contributed by atoms with van der Waals surface area (Å²) >= 11 is 0. The number of ether oxygens (including phenoxy) is 1. The fourth-order valence-corrected chi connectivity index (χ4v) is 1.57. The van der Waals surface area contributed by atoms with Crippen LogP contribution in [0.2, 0.25) is 0 Å². The van der Waals surface area contributed by atoms with Gasteiger partial charge in [0.15, 0.2) is 0 Å². The van der Waals surface area contributed by atoms with Gasteiger partial charge < -0.3 is 15.6 Å². The van der Waals surface area contributed by atoms with E-state index in [1.54, 1.807) is 0 Å². The van der Waals surface area contributed by atoms with E-state index in [1.165, 1.54) is 0 Å². The van der Waals surface area contributed by atoms with Crippen LogP contribution >= 0.6 is 0 Å². The molecule has 13 heavy (non-hydrogen) atoms. The number of nitrogens with two attached hydrogens (primary N) is 1. The van der Waals surface area contributed by atoms with Gasteiger partial charge in [0.1, 0.15) is 6.04 Å². The zero-order chi connectivity index (χ0) is 9.68. The lowest BCUT2D eigenvalue weighted by molar-refractivity contribution is -0.138. The molecular weight excluding hydrogens is 170 g/mol. The number of hydrogen-bond acceptors (Lipinski definition) is 3. The monoisotopic (exact) mass is 187 g/mol. The third-order valence-electron chi connectivity index (χ3n) is 2.54. The molecule has 0 aromatic rings. The molecule has 0 radical (unpaired) electrons. The van der Waals surface area contributed by atoms with Crippen LogP contribution in [0.1, 0.15) is 25.7 Å². The maximum atomic E-state index is 10.4. The summed E-state index contributed by atoms with van der Waals surface area (Å²) in [6.07, 6.45) is 3.59. The van der Waals surface area contributed by atoms with E-state index in [2.05, 4.69) is 0 Å². The third kappa shape index (κ3) is 3.74. The van der Waals surface area contributed by atoms with E-state index >= 15 is 0 Å². The van der Waals surface area contributed by atoms with E-state index in [4.69, 9.17) is 15.6 Å². The van der Waals surface area contributed by atoms with Crippen LogP contribution in [0.25, 0.3) is 0 Å². The van der Waals surface area contributed by atoms with Gasteiger partial charge in [-0.25, -0.2) is 0 Å². The Hall–Kier alpha value is -0.610.